The maximum atomic E-state index is 10.8. The van der Waals surface area contributed by atoms with Gasteiger partial charge >= 0.3 is 5.97 Å². The van der Waals surface area contributed by atoms with Crippen LogP contribution in [0.4, 0.5) is 5.69 Å². The molecule has 0 aliphatic rings. The molecule has 94 valence electrons. The van der Waals surface area contributed by atoms with E-state index in [1.54, 1.807) is 6.07 Å². The van der Waals surface area contributed by atoms with Crippen molar-refractivity contribution in [3.05, 3.63) is 45.1 Å². The van der Waals surface area contributed by atoms with Crippen molar-refractivity contribution < 1.29 is 9.90 Å². The van der Waals surface area contributed by atoms with Crippen LogP contribution in [-0.4, -0.2) is 20.9 Å². The fourth-order valence-corrected chi connectivity index (χ4v) is 2.24. The maximum absolute atomic E-state index is 10.8. The molecule has 7 heteroatoms. The number of carboxylic acids is 1. The molecule has 0 aliphatic heterocycles. The maximum Gasteiger partial charge on any atom is 0.358 e. The van der Waals surface area contributed by atoms with Crippen LogP contribution in [0.15, 0.2) is 28.9 Å². The highest BCUT2D eigenvalue weighted by atomic mass is 79.9. The van der Waals surface area contributed by atoms with Crippen molar-refractivity contribution in [3.63, 3.8) is 0 Å². The zero-order valence-electron chi connectivity index (χ0n) is 9.10. The van der Waals surface area contributed by atoms with Gasteiger partial charge in [-0.25, -0.2) is 4.79 Å². The van der Waals surface area contributed by atoms with Gasteiger partial charge < -0.3 is 10.8 Å². The first-order valence-electron chi connectivity index (χ1n) is 4.97. The number of halogens is 2. The molecule has 0 saturated carbocycles. The van der Waals surface area contributed by atoms with Gasteiger partial charge in [-0.2, -0.15) is 5.10 Å². The predicted molar refractivity (Wildman–Crippen MR) is 71.9 cm³/mol. The zero-order valence-corrected chi connectivity index (χ0v) is 11.4. The van der Waals surface area contributed by atoms with Crippen molar-refractivity contribution in [1.29, 1.82) is 0 Å². The SMILES string of the molecule is Nc1cn(Cc2ccc(Br)cc2Cl)nc1C(=O)O. The van der Waals surface area contributed by atoms with Crippen molar-refractivity contribution in [3.8, 4) is 0 Å². The quantitative estimate of drug-likeness (QED) is 0.906. The smallest absolute Gasteiger partial charge is 0.358 e. The number of nitrogens with zero attached hydrogens (tertiary/aromatic N) is 2. The van der Waals surface area contributed by atoms with Crippen LogP contribution in [0.3, 0.4) is 0 Å². The van der Waals surface area contributed by atoms with E-state index in [0.29, 0.717) is 11.6 Å². The van der Waals surface area contributed by atoms with E-state index < -0.39 is 5.97 Å². The van der Waals surface area contributed by atoms with E-state index in [2.05, 4.69) is 21.0 Å². The summed E-state index contributed by atoms with van der Waals surface area (Å²) in [6.45, 7) is 0.365. The molecule has 0 fully saturated rings. The molecule has 5 nitrogen and oxygen atoms in total. The van der Waals surface area contributed by atoms with Crippen LogP contribution in [0.2, 0.25) is 5.02 Å². The lowest BCUT2D eigenvalue weighted by Crippen LogP contribution is -2.04. The normalized spacial score (nSPS) is 10.6. The summed E-state index contributed by atoms with van der Waals surface area (Å²) in [6.07, 6.45) is 1.47. The van der Waals surface area contributed by atoms with Crippen LogP contribution in [0.5, 0.6) is 0 Å². The number of aromatic carboxylic acids is 1. The fourth-order valence-electron chi connectivity index (χ4n) is 1.51. The average molecular weight is 331 g/mol. The van der Waals surface area contributed by atoms with E-state index in [1.807, 2.05) is 12.1 Å². The number of carbonyl (C=O) groups is 1. The number of benzene rings is 1. The van der Waals surface area contributed by atoms with Gasteiger partial charge in [0, 0.05) is 15.7 Å². The van der Waals surface area contributed by atoms with Crippen LogP contribution in [-0.2, 0) is 6.54 Å². The molecule has 0 saturated heterocycles. The summed E-state index contributed by atoms with van der Waals surface area (Å²) >= 11 is 9.38. The molecule has 0 unspecified atom stereocenters. The van der Waals surface area contributed by atoms with Gasteiger partial charge in [0.15, 0.2) is 5.69 Å². The number of aromatic nitrogens is 2. The van der Waals surface area contributed by atoms with Gasteiger partial charge in [-0.3, -0.25) is 4.68 Å². The molecular formula is C11H9BrClN3O2. The molecule has 3 N–H and O–H groups in total. The summed E-state index contributed by atoms with van der Waals surface area (Å²) in [7, 11) is 0. The number of anilines is 1. The third-order valence-electron chi connectivity index (χ3n) is 2.34. The Balaban J connectivity index is 2.29. The molecule has 2 aromatic rings. The standard InChI is InChI=1S/C11H9BrClN3O2/c12-7-2-1-6(8(13)3-7)4-16-5-9(14)10(15-16)11(17)18/h1-3,5H,4,14H2,(H,17,18). The van der Waals surface area contributed by atoms with E-state index in [1.165, 1.54) is 10.9 Å². The van der Waals surface area contributed by atoms with Gasteiger partial charge in [-0.15, -0.1) is 0 Å². The van der Waals surface area contributed by atoms with E-state index >= 15 is 0 Å². The van der Waals surface area contributed by atoms with Crippen molar-refractivity contribution in [2.24, 2.45) is 0 Å². The summed E-state index contributed by atoms with van der Waals surface area (Å²) in [5.74, 6) is -1.15. The van der Waals surface area contributed by atoms with Crippen LogP contribution >= 0.6 is 27.5 Å². The lowest BCUT2D eigenvalue weighted by molar-refractivity contribution is 0.0690. The molecule has 0 aliphatic carbocycles. The fraction of sp³-hybridized carbons (Fsp3) is 0.0909. The monoisotopic (exact) mass is 329 g/mol. The van der Waals surface area contributed by atoms with Gasteiger partial charge in [0.1, 0.15) is 0 Å². The molecular weight excluding hydrogens is 321 g/mol. The molecule has 1 aromatic carbocycles. The molecule has 0 atom stereocenters. The lowest BCUT2D eigenvalue weighted by Gasteiger charge is -2.04. The number of hydrogen-bond acceptors (Lipinski definition) is 3. The summed E-state index contributed by atoms with van der Waals surface area (Å²) in [6, 6.07) is 5.46. The minimum Gasteiger partial charge on any atom is -0.476 e. The van der Waals surface area contributed by atoms with Gasteiger partial charge in [0.05, 0.1) is 12.2 Å². The minimum atomic E-state index is -1.15. The third-order valence-corrected chi connectivity index (χ3v) is 3.19. The molecule has 1 aromatic heterocycles. The highest BCUT2D eigenvalue weighted by Gasteiger charge is 2.13. The largest absolute Gasteiger partial charge is 0.476 e. The Hall–Kier alpha value is -1.53. The minimum absolute atomic E-state index is 0.135. The number of rotatable bonds is 3. The van der Waals surface area contributed by atoms with Gasteiger partial charge in [0.25, 0.3) is 0 Å². The topological polar surface area (TPSA) is 81.1 Å². The second kappa shape index (κ2) is 4.99. The zero-order chi connectivity index (χ0) is 13.3. The highest BCUT2D eigenvalue weighted by Crippen LogP contribution is 2.22. The van der Waals surface area contributed by atoms with Gasteiger partial charge in [-0.05, 0) is 17.7 Å². The van der Waals surface area contributed by atoms with E-state index in [4.69, 9.17) is 22.4 Å². The summed E-state index contributed by atoms with van der Waals surface area (Å²) in [4.78, 5) is 10.8. The highest BCUT2D eigenvalue weighted by molar-refractivity contribution is 9.10. The molecule has 0 amide bonds. The molecule has 0 spiro atoms. The number of carboxylic acid groups (broad SMARTS) is 1. The van der Waals surface area contributed by atoms with E-state index in [0.717, 1.165) is 10.0 Å². The van der Waals surface area contributed by atoms with Crippen molar-refractivity contribution in [2.75, 3.05) is 5.73 Å². The molecule has 18 heavy (non-hydrogen) atoms. The Morgan fingerprint density at radius 2 is 2.28 bits per heavy atom. The van der Waals surface area contributed by atoms with E-state index in [9.17, 15) is 4.79 Å². The summed E-state index contributed by atoms with van der Waals surface area (Å²) in [5, 5.41) is 13.3. The van der Waals surface area contributed by atoms with Crippen LogP contribution in [0.1, 0.15) is 16.1 Å². The van der Waals surface area contributed by atoms with Crippen LogP contribution < -0.4 is 5.73 Å². The Bertz CT molecular complexity index is 612. The van der Waals surface area contributed by atoms with Crippen LogP contribution in [0, 0.1) is 0 Å². The predicted octanol–water partition coefficient (Wildman–Crippen LogP) is 2.63. The van der Waals surface area contributed by atoms with Gasteiger partial charge in [0.2, 0.25) is 0 Å². The first kappa shape index (κ1) is 12.9. The first-order valence-corrected chi connectivity index (χ1v) is 6.14. The second-order valence-electron chi connectivity index (χ2n) is 3.67. The van der Waals surface area contributed by atoms with Crippen molar-refractivity contribution >= 4 is 39.2 Å². The van der Waals surface area contributed by atoms with E-state index in [-0.39, 0.29) is 11.4 Å². The number of nitrogens with two attached hydrogens (primary N) is 1. The van der Waals surface area contributed by atoms with Crippen molar-refractivity contribution in [2.45, 2.75) is 6.54 Å². The van der Waals surface area contributed by atoms with Gasteiger partial charge in [-0.1, -0.05) is 33.6 Å². The Labute approximate surface area is 116 Å². The lowest BCUT2D eigenvalue weighted by atomic mass is 10.2. The Kier molecular flexibility index (Phi) is 3.58. The molecule has 2 rings (SSSR count). The van der Waals surface area contributed by atoms with Crippen molar-refractivity contribution in [1.82, 2.24) is 9.78 Å². The average Bonchev–Trinajstić information content (AvgIpc) is 2.64. The number of hydrogen-bond donors (Lipinski definition) is 2. The molecule has 1 heterocycles. The third kappa shape index (κ3) is 2.65. The molecule has 0 bridgehead atoms. The number of nitrogen functional groups attached to an aromatic ring is 1. The summed E-state index contributed by atoms with van der Waals surface area (Å²) in [5.41, 5.74) is 6.37. The first-order chi connectivity index (χ1) is 8.47. The summed E-state index contributed by atoms with van der Waals surface area (Å²) < 4.78 is 2.33. The van der Waals surface area contributed by atoms with Crippen LogP contribution in [0.25, 0.3) is 0 Å². The Morgan fingerprint density at radius 3 is 2.83 bits per heavy atom. The second-order valence-corrected chi connectivity index (χ2v) is 4.99. The molecule has 0 radical (unpaired) electrons. The Morgan fingerprint density at radius 1 is 1.56 bits per heavy atom.